The summed E-state index contributed by atoms with van der Waals surface area (Å²) in [5, 5.41) is 0. The molecule has 0 aliphatic rings. The summed E-state index contributed by atoms with van der Waals surface area (Å²) in [6, 6.07) is 2.05. The molecule has 1 unspecified atom stereocenters. The van der Waals surface area contributed by atoms with Crippen molar-refractivity contribution in [1.82, 2.24) is 4.90 Å². The Labute approximate surface area is 98.6 Å². The Balaban J connectivity index is 2.30. The largest absolute Gasteiger partial charge is 0.469 e. The van der Waals surface area contributed by atoms with Crippen LogP contribution in [0, 0.1) is 12.8 Å². The quantitative estimate of drug-likeness (QED) is 0.773. The van der Waals surface area contributed by atoms with Crippen LogP contribution in [0.3, 0.4) is 0 Å². The molecule has 0 fully saturated rings. The maximum absolute atomic E-state index is 5.51. The van der Waals surface area contributed by atoms with Crippen LogP contribution >= 0.6 is 0 Å². The fraction of sp³-hybridized carbons (Fsp3) is 0.692. The molecule has 1 heterocycles. The first kappa shape index (κ1) is 13.3. The standard InChI is InChI=1S/C13H24N2O/c1-11(5-4-7-14)9-15(3)10-13-6-8-16-12(13)2/h6,8,11H,4-5,7,9-10,14H2,1-3H3. The first-order chi connectivity index (χ1) is 7.63. The Hall–Kier alpha value is -0.800. The molecule has 0 aliphatic carbocycles. The molecule has 0 saturated heterocycles. The molecule has 0 aromatic carbocycles. The minimum atomic E-state index is 0.709. The van der Waals surface area contributed by atoms with Gasteiger partial charge in [-0.2, -0.15) is 0 Å². The monoisotopic (exact) mass is 224 g/mol. The van der Waals surface area contributed by atoms with Gasteiger partial charge in [0.25, 0.3) is 0 Å². The number of hydrogen-bond acceptors (Lipinski definition) is 3. The summed E-state index contributed by atoms with van der Waals surface area (Å²) < 4.78 is 5.29. The molecule has 1 aromatic rings. The van der Waals surface area contributed by atoms with Gasteiger partial charge < -0.3 is 15.1 Å². The van der Waals surface area contributed by atoms with Crippen molar-refractivity contribution >= 4 is 0 Å². The molecule has 92 valence electrons. The lowest BCUT2D eigenvalue weighted by Crippen LogP contribution is -2.24. The highest BCUT2D eigenvalue weighted by atomic mass is 16.3. The first-order valence-electron chi connectivity index (χ1n) is 6.05. The fourth-order valence-electron chi connectivity index (χ4n) is 2.02. The second kappa shape index (κ2) is 6.71. The Morgan fingerprint density at radius 2 is 2.25 bits per heavy atom. The third kappa shape index (κ3) is 4.37. The maximum atomic E-state index is 5.51. The van der Waals surface area contributed by atoms with Gasteiger partial charge in [-0.25, -0.2) is 0 Å². The van der Waals surface area contributed by atoms with Crippen LogP contribution in [0.1, 0.15) is 31.1 Å². The fourth-order valence-corrected chi connectivity index (χ4v) is 2.02. The Kier molecular flexibility index (Phi) is 5.56. The third-order valence-electron chi connectivity index (χ3n) is 2.93. The number of furan rings is 1. The molecule has 1 rings (SSSR count). The van der Waals surface area contributed by atoms with E-state index in [1.807, 2.05) is 6.92 Å². The van der Waals surface area contributed by atoms with Crippen molar-refractivity contribution in [1.29, 1.82) is 0 Å². The minimum Gasteiger partial charge on any atom is -0.469 e. The van der Waals surface area contributed by atoms with Gasteiger partial charge in [-0.1, -0.05) is 6.92 Å². The van der Waals surface area contributed by atoms with Crippen molar-refractivity contribution in [3.8, 4) is 0 Å². The van der Waals surface area contributed by atoms with E-state index in [9.17, 15) is 0 Å². The summed E-state index contributed by atoms with van der Waals surface area (Å²) >= 11 is 0. The first-order valence-corrected chi connectivity index (χ1v) is 6.05. The van der Waals surface area contributed by atoms with Crippen LogP contribution in [-0.2, 0) is 6.54 Å². The molecule has 2 N–H and O–H groups in total. The molecule has 0 amide bonds. The third-order valence-corrected chi connectivity index (χ3v) is 2.93. The van der Waals surface area contributed by atoms with E-state index in [-0.39, 0.29) is 0 Å². The number of hydrogen-bond donors (Lipinski definition) is 1. The lowest BCUT2D eigenvalue weighted by molar-refractivity contribution is 0.268. The molecular formula is C13H24N2O. The van der Waals surface area contributed by atoms with E-state index >= 15 is 0 Å². The topological polar surface area (TPSA) is 42.4 Å². The number of nitrogens with zero attached hydrogens (tertiary/aromatic N) is 1. The average Bonchev–Trinajstić information content (AvgIpc) is 2.61. The highest BCUT2D eigenvalue weighted by molar-refractivity contribution is 5.14. The van der Waals surface area contributed by atoms with E-state index in [0.29, 0.717) is 5.92 Å². The smallest absolute Gasteiger partial charge is 0.105 e. The predicted molar refractivity (Wildman–Crippen MR) is 67.2 cm³/mol. The van der Waals surface area contributed by atoms with Gasteiger partial charge in [0.1, 0.15) is 5.76 Å². The van der Waals surface area contributed by atoms with Crippen LogP contribution in [0.15, 0.2) is 16.7 Å². The lowest BCUT2D eigenvalue weighted by atomic mass is 10.1. The van der Waals surface area contributed by atoms with Gasteiger partial charge in [0.05, 0.1) is 6.26 Å². The second-order valence-corrected chi connectivity index (χ2v) is 4.73. The Morgan fingerprint density at radius 1 is 1.50 bits per heavy atom. The molecule has 0 saturated carbocycles. The van der Waals surface area contributed by atoms with E-state index in [0.717, 1.165) is 31.8 Å². The van der Waals surface area contributed by atoms with Gasteiger partial charge >= 0.3 is 0 Å². The SMILES string of the molecule is Cc1occc1CN(C)CC(C)CCCN. The van der Waals surface area contributed by atoms with Gasteiger partial charge in [-0.3, -0.25) is 0 Å². The summed E-state index contributed by atoms with van der Waals surface area (Å²) in [5.74, 6) is 1.74. The highest BCUT2D eigenvalue weighted by Crippen LogP contribution is 2.13. The summed E-state index contributed by atoms with van der Waals surface area (Å²) in [6.45, 7) is 7.18. The van der Waals surface area contributed by atoms with Gasteiger partial charge in [-0.15, -0.1) is 0 Å². The molecule has 0 radical (unpaired) electrons. The van der Waals surface area contributed by atoms with Gasteiger partial charge in [0.2, 0.25) is 0 Å². The number of rotatable bonds is 7. The molecule has 16 heavy (non-hydrogen) atoms. The van der Waals surface area contributed by atoms with Crippen molar-refractivity contribution in [2.75, 3.05) is 20.1 Å². The molecule has 1 atom stereocenters. The molecule has 0 bridgehead atoms. The van der Waals surface area contributed by atoms with Crippen molar-refractivity contribution in [2.24, 2.45) is 11.7 Å². The summed E-state index contributed by atoms with van der Waals surface area (Å²) in [4.78, 5) is 2.35. The summed E-state index contributed by atoms with van der Waals surface area (Å²) in [5.41, 5.74) is 6.80. The van der Waals surface area contributed by atoms with Gasteiger partial charge in [-0.05, 0) is 45.3 Å². The van der Waals surface area contributed by atoms with Crippen molar-refractivity contribution in [3.63, 3.8) is 0 Å². The molecule has 3 heteroatoms. The summed E-state index contributed by atoms with van der Waals surface area (Å²) in [6.07, 6.45) is 4.10. The van der Waals surface area contributed by atoms with Gasteiger partial charge in [0.15, 0.2) is 0 Å². The Morgan fingerprint density at radius 3 is 2.81 bits per heavy atom. The zero-order valence-corrected chi connectivity index (χ0v) is 10.7. The van der Waals surface area contributed by atoms with Gasteiger partial charge in [0, 0.05) is 18.7 Å². The van der Waals surface area contributed by atoms with E-state index < -0.39 is 0 Å². The zero-order chi connectivity index (χ0) is 12.0. The van der Waals surface area contributed by atoms with Crippen LogP contribution in [0.25, 0.3) is 0 Å². The highest BCUT2D eigenvalue weighted by Gasteiger charge is 2.09. The molecule has 0 spiro atoms. The van der Waals surface area contributed by atoms with E-state index in [1.54, 1.807) is 6.26 Å². The van der Waals surface area contributed by atoms with Crippen molar-refractivity contribution in [3.05, 3.63) is 23.7 Å². The van der Waals surface area contributed by atoms with E-state index in [1.165, 1.54) is 12.0 Å². The molecule has 0 aliphatic heterocycles. The minimum absolute atomic E-state index is 0.709. The average molecular weight is 224 g/mol. The normalized spacial score (nSPS) is 13.3. The number of aryl methyl sites for hydroxylation is 1. The van der Waals surface area contributed by atoms with Crippen LogP contribution in [0.5, 0.6) is 0 Å². The maximum Gasteiger partial charge on any atom is 0.105 e. The van der Waals surface area contributed by atoms with Crippen LogP contribution in [0.2, 0.25) is 0 Å². The van der Waals surface area contributed by atoms with Crippen LogP contribution in [0.4, 0.5) is 0 Å². The summed E-state index contributed by atoms with van der Waals surface area (Å²) in [7, 11) is 2.16. The molecule has 3 nitrogen and oxygen atoms in total. The predicted octanol–water partition coefficient (Wildman–Crippen LogP) is 2.39. The Bertz CT molecular complexity index is 296. The van der Waals surface area contributed by atoms with Crippen LogP contribution in [-0.4, -0.2) is 25.0 Å². The van der Waals surface area contributed by atoms with Crippen molar-refractivity contribution in [2.45, 2.75) is 33.2 Å². The van der Waals surface area contributed by atoms with Crippen LogP contribution < -0.4 is 5.73 Å². The zero-order valence-electron chi connectivity index (χ0n) is 10.7. The molecule has 1 aromatic heterocycles. The lowest BCUT2D eigenvalue weighted by Gasteiger charge is -2.20. The van der Waals surface area contributed by atoms with Crippen molar-refractivity contribution < 1.29 is 4.42 Å². The molecular weight excluding hydrogens is 200 g/mol. The van der Waals surface area contributed by atoms with E-state index in [2.05, 4.69) is 24.9 Å². The van der Waals surface area contributed by atoms with E-state index in [4.69, 9.17) is 10.2 Å². The second-order valence-electron chi connectivity index (χ2n) is 4.73. The number of nitrogens with two attached hydrogens (primary N) is 1.